The molecule has 0 aromatic carbocycles. The molecule has 5 heteroatoms. The van der Waals surface area contributed by atoms with Crippen LogP contribution in [-0.4, -0.2) is 14.0 Å². The van der Waals surface area contributed by atoms with Crippen LogP contribution >= 0.6 is 27.3 Å². The fraction of sp³-hybridized carbons (Fsp3) is 0.700. The van der Waals surface area contributed by atoms with Crippen molar-refractivity contribution in [2.75, 3.05) is 0 Å². The van der Waals surface area contributed by atoms with Crippen LogP contribution in [0, 0.1) is 5.41 Å². The molecule has 0 aliphatic carbocycles. The highest BCUT2D eigenvalue weighted by Gasteiger charge is 2.29. The molecule has 0 spiro atoms. The van der Waals surface area contributed by atoms with Crippen LogP contribution in [0.25, 0.3) is 0 Å². The zero-order valence-corrected chi connectivity index (χ0v) is 13.4. The SMILES string of the molecule is C[SiH](C)OC(c1cnc(Br)s1)C(C)(C)C. The van der Waals surface area contributed by atoms with E-state index in [0.29, 0.717) is 0 Å². The molecule has 0 saturated heterocycles. The van der Waals surface area contributed by atoms with Gasteiger partial charge < -0.3 is 4.43 Å². The lowest BCUT2D eigenvalue weighted by molar-refractivity contribution is 0.0896. The monoisotopic (exact) mass is 307 g/mol. The second kappa shape index (κ2) is 5.08. The summed E-state index contributed by atoms with van der Waals surface area (Å²) >= 11 is 5.06. The predicted molar refractivity (Wildman–Crippen MR) is 72.0 cm³/mol. The number of hydrogen-bond acceptors (Lipinski definition) is 3. The molecule has 0 aliphatic heterocycles. The standard InChI is InChI=1S/C10H18BrNOSSi/c1-10(2,3)8(13-15(4)5)7-6-12-9(11)14-7/h6,8,15H,1-5H3. The van der Waals surface area contributed by atoms with Gasteiger partial charge in [0.15, 0.2) is 13.0 Å². The second-order valence-electron chi connectivity index (χ2n) is 4.95. The highest BCUT2D eigenvalue weighted by atomic mass is 79.9. The molecule has 1 aromatic heterocycles. The first-order valence-corrected chi connectivity index (χ1v) is 9.46. The summed E-state index contributed by atoms with van der Waals surface area (Å²) in [4.78, 5) is 5.45. The lowest BCUT2D eigenvalue weighted by Crippen LogP contribution is -2.25. The highest BCUT2D eigenvalue weighted by Crippen LogP contribution is 2.39. The zero-order chi connectivity index (χ0) is 11.6. The van der Waals surface area contributed by atoms with E-state index in [1.54, 1.807) is 11.3 Å². The maximum absolute atomic E-state index is 6.10. The van der Waals surface area contributed by atoms with Crippen molar-refractivity contribution in [3.05, 3.63) is 15.0 Å². The van der Waals surface area contributed by atoms with Gasteiger partial charge in [0.1, 0.15) is 0 Å². The third-order valence-corrected chi connectivity index (χ3v) is 4.28. The Morgan fingerprint density at radius 1 is 1.47 bits per heavy atom. The van der Waals surface area contributed by atoms with E-state index in [9.17, 15) is 0 Å². The molecule has 0 N–H and O–H groups in total. The molecular weight excluding hydrogens is 290 g/mol. The first-order valence-electron chi connectivity index (χ1n) is 5.07. The van der Waals surface area contributed by atoms with Crippen LogP contribution in [0.3, 0.4) is 0 Å². The van der Waals surface area contributed by atoms with Crippen molar-refractivity contribution in [3.8, 4) is 0 Å². The zero-order valence-electron chi connectivity index (χ0n) is 9.87. The number of aromatic nitrogens is 1. The van der Waals surface area contributed by atoms with Crippen molar-refractivity contribution in [3.63, 3.8) is 0 Å². The van der Waals surface area contributed by atoms with Crippen LogP contribution in [0.5, 0.6) is 0 Å². The molecule has 1 heterocycles. The highest BCUT2D eigenvalue weighted by molar-refractivity contribution is 9.11. The minimum absolute atomic E-state index is 0.128. The van der Waals surface area contributed by atoms with Crippen molar-refractivity contribution in [1.82, 2.24) is 4.98 Å². The van der Waals surface area contributed by atoms with Crippen molar-refractivity contribution >= 4 is 36.3 Å². The number of halogens is 1. The van der Waals surface area contributed by atoms with E-state index in [2.05, 4.69) is 54.8 Å². The quantitative estimate of drug-likeness (QED) is 0.788. The van der Waals surface area contributed by atoms with E-state index in [1.165, 1.54) is 4.88 Å². The minimum Gasteiger partial charge on any atom is -0.412 e. The summed E-state index contributed by atoms with van der Waals surface area (Å²) in [6, 6.07) is 0. The lowest BCUT2D eigenvalue weighted by Gasteiger charge is -2.31. The van der Waals surface area contributed by atoms with Gasteiger partial charge in [0.25, 0.3) is 0 Å². The predicted octanol–water partition coefficient (Wildman–Crippen LogP) is 3.99. The summed E-state index contributed by atoms with van der Waals surface area (Å²) < 4.78 is 7.03. The van der Waals surface area contributed by atoms with Gasteiger partial charge in [-0.3, -0.25) is 0 Å². The average Bonchev–Trinajstić information content (AvgIpc) is 2.45. The topological polar surface area (TPSA) is 22.1 Å². The minimum atomic E-state index is -1.03. The largest absolute Gasteiger partial charge is 0.412 e. The molecule has 2 nitrogen and oxygen atoms in total. The molecule has 1 rings (SSSR count). The molecular formula is C10H18BrNOSSi. The van der Waals surface area contributed by atoms with Crippen LogP contribution in [-0.2, 0) is 4.43 Å². The fourth-order valence-electron chi connectivity index (χ4n) is 1.36. The van der Waals surface area contributed by atoms with Crippen LogP contribution in [0.15, 0.2) is 10.1 Å². The number of hydrogen-bond donors (Lipinski definition) is 0. The third kappa shape index (κ3) is 3.98. The normalized spacial score (nSPS) is 14.6. The van der Waals surface area contributed by atoms with Gasteiger partial charge in [0, 0.05) is 6.20 Å². The average molecular weight is 308 g/mol. The Hall–Kier alpha value is 0.287. The Bertz CT molecular complexity index is 321. The van der Waals surface area contributed by atoms with Gasteiger partial charge >= 0.3 is 0 Å². The van der Waals surface area contributed by atoms with Crippen molar-refractivity contribution in [1.29, 1.82) is 0 Å². The summed E-state index contributed by atoms with van der Waals surface area (Å²) in [5, 5.41) is 0. The van der Waals surface area contributed by atoms with Crippen LogP contribution in [0.1, 0.15) is 31.8 Å². The van der Waals surface area contributed by atoms with Crippen molar-refractivity contribution in [2.24, 2.45) is 5.41 Å². The Labute approximate surface area is 106 Å². The number of nitrogens with zero attached hydrogens (tertiary/aromatic N) is 1. The van der Waals surface area contributed by atoms with Crippen molar-refractivity contribution < 1.29 is 4.43 Å². The summed E-state index contributed by atoms with van der Waals surface area (Å²) in [5.41, 5.74) is 0.128. The molecule has 0 amide bonds. The van der Waals surface area contributed by atoms with Crippen LogP contribution < -0.4 is 0 Å². The van der Waals surface area contributed by atoms with E-state index in [-0.39, 0.29) is 11.5 Å². The molecule has 0 saturated carbocycles. The summed E-state index contributed by atoms with van der Waals surface area (Å²) in [7, 11) is -1.03. The van der Waals surface area contributed by atoms with Crippen molar-refractivity contribution in [2.45, 2.75) is 40.0 Å². The molecule has 0 radical (unpaired) electrons. The van der Waals surface area contributed by atoms with Gasteiger partial charge in [-0.05, 0) is 34.4 Å². The molecule has 1 unspecified atom stereocenters. The Balaban J connectivity index is 2.91. The van der Waals surface area contributed by atoms with Crippen LogP contribution in [0.4, 0.5) is 0 Å². The van der Waals surface area contributed by atoms with Gasteiger partial charge in [0.05, 0.1) is 11.0 Å². The first kappa shape index (κ1) is 13.4. The molecule has 15 heavy (non-hydrogen) atoms. The maximum atomic E-state index is 6.10. The first-order chi connectivity index (χ1) is 6.80. The molecule has 0 fully saturated rings. The maximum Gasteiger partial charge on any atom is 0.171 e. The Morgan fingerprint density at radius 3 is 2.40 bits per heavy atom. The Kier molecular flexibility index (Phi) is 4.52. The summed E-state index contributed by atoms with van der Waals surface area (Å²) in [5.74, 6) is 0. The van der Waals surface area contributed by atoms with Crippen LogP contribution in [0.2, 0.25) is 13.1 Å². The molecule has 0 bridgehead atoms. The molecule has 86 valence electrons. The lowest BCUT2D eigenvalue weighted by atomic mass is 9.88. The van der Waals surface area contributed by atoms with E-state index >= 15 is 0 Å². The third-order valence-electron chi connectivity index (χ3n) is 1.95. The summed E-state index contributed by atoms with van der Waals surface area (Å²) in [6.45, 7) is 11.0. The second-order valence-corrected chi connectivity index (χ2v) is 9.65. The number of thiazole rings is 1. The van der Waals surface area contributed by atoms with E-state index < -0.39 is 9.04 Å². The Morgan fingerprint density at radius 2 is 2.07 bits per heavy atom. The van der Waals surface area contributed by atoms with E-state index in [0.717, 1.165) is 3.92 Å². The van der Waals surface area contributed by atoms with Gasteiger partial charge in [-0.1, -0.05) is 20.8 Å². The van der Waals surface area contributed by atoms with E-state index in [1.807, 2.05) is 6.20 Å². The molecule has 0 aliphatic rings. The van der Waals surface area contributed by atoms with Gasteiger partial charge in [-0.15, -0.1) is 11.3 Å². The molecule has 1 atom stereocenters. The number of rotatable bonds is 3. The molecule has 1 aromatic rings. The van der Waals surface area contributed by atoms with Gasteiger partial charge in [-0.2, -0.15) is 0 Å². The fourth-order valence-corrected chi connectivity index (χ4v) is 4.14. The summed E-state index contributed by atoms with van der Waals surface area (Å²) in [6.07, 6.45) is 2.09. The van der Waals surface area contributed by atoms with Gasteiger partial charge in [-0.25, -0.2) is 4.98 Å². The van der Waals surface area contributed by atoms with E-state index in [4.69, 9.17) is 4.43 Å². The van der Waals surface area contributed by atoms with Gasteiger partial charge in [0.2, 0.25) is 0 Å². The smallest absolute Gasteiger partial charge is 0.171 e.